The summed E-state index contributed by atoms with van der Waals surface area (Å²) in [6.07, 6.45) is -2.80. The molecule has 1 aromatic carbocycles. The van der Waals surface area contributed by atoms with Gasteiger partial charge in [-0.15, -0.1) is 0 Å². The number of aromatic nitrogens is 4. The van der Waals surface area contributed by atoms with Gasteiger partial charge in [0.1, 0.15) is 18.1 Å². The summed E-state index contributed by atoms with van der Waals surface area (Å²) in [7, 11) is 0. The van der Waals surface area contributed by atoms with E-state index < -0.39 is 11.7 Å². The van der Waals surface area contributed by atoms with E-state index in [-0.39, 0.29) is 12.2 Å². The number of nitrogens with one attached hydrogen (secondary N) is 1. The summed E-state index contributed by atoms with van der Waals surface area (Å²) >= 11 is 6.26. The van der Waals surface area contributed by atoms with Crippen LogP contribution in [0.5, 0.6) is 0 Å². The maximum Gasteiger partial charge on any atom is 0.416 e. The second-order valence-corrected chi connectivity index (χ2v) is 7.59. The molecule has 0 aliphatic carbocycles. The van der Waals surface area contributed by atoms with Crippen molar-refractivity contribution >= 4 is 34.1 Å². The number of ether oxygens (including phenoxy) is 1. The fourth-order valence-electron chi connectivity index (χ4n) is 3.31. The summed E-state index contributed by atoms with van der Waals surface area (Å²) < 4.78 is 44.8. The van der Waals surface area contributed by atoms with Crippen LogP contribution in [-0.4, -0.2) is 26.5 Å². The van der Waals surface area contributed by atoms with E-state index in [4.69, 9.17) is 16.3 Å². The van der Waals surface area contributed by atoms with Crippen LogP contribution in [0, 0.1) is 6.92 Å². The molecule has 0 fully saturated rings. The SMILES string of the molecule is CCOCc1nc(Nc2ccc(C(F)(F)F)c(C)c2)c2ccc(-c3ncccc3Cl)nc2n1. The molecule has 3 aromatic heterocycles. The number of fused-ring (bicyclic) bond motifs is 1. The third kappa shape index (κ3) is 5.04. The Bertz CT molecular complexity index is 1310. The fraction of sp³-hybridized carbons (Fsp3) is 0.217. The third-order valence-electron chi connectivity index (χ3n) is 4.84. The third-order valence-corrected chi connectivity index (χ3v) is 5.14. The van der Waals surface area contributed by atoms with E-state index in [1.807, 2.05) is 6.92 Å². The van der Waals surface area contributed by atoms with Crippen molar-refractivity contribution in [2.45, 2.75) is 26.6 Å². The quantitative estimate of drug-likeness (QED) is 0.352. The molecule has 0 spiro atoms. The van der Waals surface area contributed by atoms with E-state index in [0.29, 0.717) is 51.4 Å². The van der Waals surface area contributed by atoms with Gasteiger partial charge in [-0.3, -0.25) is 4.98 Å². The van der Waals surface area contributed by atoms with Crippen LogP contribution < -0.4 is 5.32 Å². The van der Waals surface area contributed by atoms with E-state index in [2.05, 4.69) is 25.3 Å². The Morgan fingerprint density at radius 2 is 1.88 bits per heavy atom. The molecular weight excluding hydrogens is 455 g/mol. The lowest BCUT2D eigenvalue weighted by atomic mass is 10.1. The molecule has 1 N–H and O–H groups in total. The number of nitrogens with zero attached hydrogens (tertiary/aromatic N) is 4. The minimum absolute atomic E-state index is 0.102. The summed E-state index contributed by atoms with van der Waals surface area (Å²) in [5, 5.41) is 4.14. The molecule has 10 heteroatoms. The van der Waals surface area contributed by atoms with Gasteiger partial charge in [-0.05, 0) is 61.9 Å². The van der Waals surface area contributed by atoms with Gasteiger partial charge < -0.3 is 10.1 Å². The first-order valence-electron chi connectivity index (χ1n) is 10.1. The molecular formula is C23H19ClF3N5O. The van der Waals surface area contributed by atoms with Crippen LogP contribution in [0.2, 0.25) is 5.02 Å². The molecule has 0 atom stereocenters. The zero-order chi connectivity index (χ0) is 23.6. The van der Waals surface area contributed by atoms with Crippen molar-refractivity contribution in [1.82, 2.24) is 19.9 Å². The largest absolute Gasteiger partial charge is 0.416 e. The molecule has 33 heavy (non-hydrogen) atoms. The number of halogens is 4. The summed E-state index contributed by atoms with van der Waals surface area (Å²) in [6, 6.07) is 10.8. The lowest BCUT2D eigenvalue weighted by molar-refractivity contribution is -0.138. The predicted molar refractivity (Wildman–Crippen MR) is 120 cm³/mol. The Morgan fingerprint density at radius 3 is 2.58 bits per heavy atom. The highest BCUT2D eigenvalue weighted by Crippen LogP contribution is 2.34. The van der Waals surface area contributed by atoms with Crippen molar-refractivity contribution in [2.24, 2.45) is 0 Å². The van der Waals surface area contributed by atoms with E-state index >= 15 is 0 Å². The lowest BCUT2D eigenvalue weighted by Crippen LogP contribution is -2.08. The molecule has 0 bridgehead atoms. The molecule has 0 amide bonds. The van der Waals surface area contributed by atoms with Crippen LogP contribution >= 0.6 is 11.6 Å². The standard InChI is InChI=1S/C23H19ClF3N5O/c1-3-33-12-19-31-21(29-14-6-8-16(13(2)11-14)23(25,26)27)15-7-9-18(30-22(15)32-19)20-17(24)5-4-10-28-20/h4-11H,3,12H2,1-2H3,(H,29,30,31,32). The van der Waals surface area contributed by atoms with Gasteiger partial charge in [0, 0.05) is 18.5 Å². The average Bonchev–Trinajstić information content (AvgIpc) is 2.77. The highest BCUT2D eigenvalue weighted by atomic mass is 35.5. The van der Waals surface area contributed by atoms with Gasteiger partial charge in [-0.1, -0.05) is 11.6 Å². The molecule has 0 radical (unpaired) electrons. The minimum Gasteiger partial charge on any atom is -0.374 e. The first kappa shape index (κ1) is 22.9. The first-order chi connectivity index (χ1) is 15.8. The van der Waals surface area contributed by atoms with Crippen molar-refractivity contribution in [1.29, 1.82) is 0 Å². The van der Waals surface area contributed by atoms with E-state index in [1.54, 1.807) is 30.5 Å². The molecule has 170 valence electrons. The molecule has 3 heterocycles. The van der Waals surface area contributed by atoms with Crippen LogP contribution in [0.25, 0.3) is 22.4 Å². The van der Waals surface area contributed by atoms with Crippen molar-refractivity contribution in [3.63, 3.8) is 0 Å². The second-order valence-electron chi connectivity index (χ2n) is 7.18. The summed E-state index contributed by atoms with van der Waals surface area (Å²) in [5.74, 6) is 0.785. The molecule has 0 aliphatic heterocycles. The van der Waals surface area contributed by atoms with Crippen LogP contribution in [0.1, 0.15) is 23.9 Å². The zero-order valence-electron chi connectivity index (χ0n) is 17.7. The molecule has 0 unspecified atom stereocenters. The van der Waals surface area contributed by atoms with Crippen molar-refractivity contribution in [3.8, 4) is 11.4 Å². The normalized spacial score (nSPS) is 11.7. The summed E-state index contributed by atoms with van der Waals surface area (Å²) in [5.41, 5.74) is 1.30. The van der Waals surface area contributed by atoms with E-state index in [1.165, 1.54) is 19.1 Å². The van der Waals surface area contributed by atoms with E-state index in [0.717, 1.165) is 6.07 Å². The number of hydrogen-bond donors (Lipinski definition) is 1. The Balaban J connectivity index is 1.78. The predicted octanol–water partition coefficient (Wildman–Crippen LogP) is 6.35. The molecule has 4 rings (SSSR count). The number of alkyl halides is 3. The van der Waals surface area contributed by atoms with Crippen molar-refractivity contribution < 1.29 is 17.9 Å². The second kappa shape index (κ2) is 9.29. The number of rotatable bonds is 6. The highest BCUT2D eigenvalue weighted by molar-refractivity contribution is 6.32. The van der Waals surface area contributed by atoms with Crippen LogP contribution in [-0.2, 0) is 17.5 Å². The minimum atomic E-state index is -4.41. The highest BCUT2D eigenvalue weighted by Gasteiger charge is 2.32. The maximum absolute atomic E-state index is 13.1. The Morgan fingerprint density at radius 1 is 1.06 bits per heavy atom. The van der Waals surface area contributed by atoms with Gasteiger partial charge in [-0.2, -0.15) is 13.2 Å². The zero-order valence-corrected chi connectivity index (χ0v) is 18.5. The number of benzene rings is 1. The molecule has 0 saturated carbocycles. The number of anilines is 2. The van der Waals surface area contributed by atoms with Gasteiger partial charge in [0.2, 0.25) is 0 Å². The van der Waals surface area contributed by atoms with Gasteiger partial charge in [0.05, 0.1) is 21.7 Å². The molecule has 4 aromatic rings. The van der Waals surface area contributed by atoms with Crippen molar-refractivity contribution in [2.75, 3.05) is 11.9 Å². The maximum atomic E-state index is 13.1. The summed E-state index contributed by atoms with van der Waals surface area (Å²) in [4.78, 5) is 17.9. The van der Waals surface area contributed by atoms with Gasteiger partial charge in [-0.25, -0.2) is 15.0 Å². The first-order valence-corrected chi connectivity index (χ1v) is 10.4. The Labute approximate surface area is 192 Å². The van der Waals surface area contributed by atoms with Gasteiger partial charge in [0.25, 0.3) is 0 Å². The Kier molecular flexibility index (Phi) is 6.44. The van der Waals surface area contributed by atoms with Crippen LogP contribution in [0.4, 0.5) is 24.7 Å². The molecule has 0 saturated heterocycles. The van der Waals surface area contributed by atoms with Crippen LogP contribution in [0.3, 0.4) is 0 Å². The van der Waals surface area contributed by atoms with Crippen molar-refractivity contribution in [3.05, 3.63) is 70.6 Å². The summed E-state index contributed by atoms with van der Waals surface area (Å²) in [6.45, 7) is 3.89. The Hall–Kier alpha value is -3.30. The average molecular weight is 474 g/mol. The fourth-order valence-corrected chi connectivity index (χ4v) is 3.53. The number of aryl methyl sites for hydroxylation is 1. The molecule has 0 aliphatic rings. The van der Waals surface area contributed by atoms with Crippen LogP contribution in [0.15, 0.2) is 48.7 Å². The number of pyridine rings is 2. The lowest BCUT2D eigenvalue weighted by Gasteiger charge is -2.14. The molecule has 6 nitrogen and oxygen atoms in total. The smallest absolute Gasteiger partial charge is 0.374 e. The van der Waals surface area contributed by atoms with Gasteiger partial charge >= 0.3 is 6.18 Å². The topological polar surface area (TPSA) is 72.8 Å². The van der Waals surface area contributed by atoms with Gasteiger partial charge in [0.15, 0.2) is 11.5 Å². The monoisotopic (exact) mass is 473 g/mol. The number of hydrogen-bond acceptors (Lipinski definition) is 6. The van der Waals surface area contributed by atoms with E-state index in [9.17, 15) is 13.2 Å².